The highest BCUT2D eigenvalue weighted by atomic mass is 16.6. The molecule has 0 spiro atoms. The Balaban J connectivity index is 1.93. The molecule has 0 bridgehead atoms. The summed E-state index contributed by atoms with van der Waals surface area (Å²) in [4.78, 5) is 23.5. The van der Waals surface area contributed by atoms with Crippen LogP contribution in [0.1, 0.15) is 18.4 Å². The van der Waals surface area contributed by atoms with Gasteiger partial charge in [-0.15, -0.1) is 0 Å². The number of phenolic OH excluding ortho intramolecular Hbond substituents is 1. The topological polar surface area (TPSA) is 87.1 Å². The lowest BCUT2D eigenvalue weighted by Crippen LogP contribution is -2.24. The highest BCUT2D eigenvalue weighted by molar-refractivity contribution is 5.70. The Hall–Kier alpha value is -2.24. The van der Waals surface area contributed by atoms with Crippen LogP contribution >= 0.6 is 0 Å². The quantitative estimate of drug-likeness (QED) is 0.844. The molecule has 1 aromatic rings. The van der Waals surface area contributed by atoms with Gasteiger partial charge >= 0.3 is 12.1 Å². The molecular formula is C13H15NO5. The van der Waals surface area contributed by atoms with Crippen molar-refractivity contribution in [2.75, 3.05) is 6.54 Å². The van der Waals surface area contributed by atoms with Gasteiger partial charge in [0.1, 0.15) is 11.9 Å². The van der Waals surface area contributed by atoms with Gasteiger partial charge in [-0.1, -0.05) is 18.2 Å². The van der Waals surface area contributed by atoms with E-state index in [0.29, 0.717) is 18.5 Å². The maximum absolute atomic E-state index is 11.6. The SMILES string of the molecule is O=C(O)CCC1CN(Cc2ccccc2O)C(=O)O1. The van der Waals surface area contributed by atoms with E-state index in [0.717, 1.165) is 0 Å². The zero-order chi connectivity index (χ0) is 13.8. The van der Waals surface area contributed by atoms with Gasteiger partial charge in [-0.25, -0.2) is 4.79 Å². The number of para-hydroxylation sites is 1. The van der Waals surface area contributed by atoms with E-state index in [1.54, 1.807) is 24.3 Å². The Morgan fingerprint density at radius 2 is 2.16 bits per heavy atom. The lowest BCUT2D eigenvalue weighted by Gasteiger charge is -2.13. The van der Waals surface area contributed by atoms with Crippen molar-refractivity contribution in [3.63, 3.8) is 0 Å². The van der Waals surface area contributed by atoms with Gasteiger partial charge in [0.15, 0.2) is 0 Å². The fourth-order valence-electron chi connectivity index (χ4n) is 1.99. The minimum Gasteiger partial charge on any atom is -0.508 e. The van der Waals surface area contributed by atoms with Crippen molar-refractivity contribution >= 4 is 12.1 Å². The molecule has 19 heavy (non-hydrogen) atoms. The molecule has 1 saturated heterocycles. The maximum Gasteiger partial charge on any atom is 0.410 e. The highest BCUT2D eigenvalue weighted by Gasteiger charge is 2.31. The lowest BCUT2D eigenvalue weighted by molar-refractivity contribution is -0.137. The number of nitrogens with zero attached hydrogens (tertiary/aromatic N) is 1. The third-order valence-corrected chi connectivity index (χ3v) is 2.98. The third kappa shape index (κ3) is 3.37. The van der Waals surface area contributed by atoms with E-state index in [9.17, 15) is 14.7 Å². The third-order valence-electron chi connectivity index (χ3n) is 2.98. The molecule has 2 rings (SSSR count). The number of carboxylic acid groups (broad SMARTS) is 1. The van der Waals surface area contributed by atoms with Crippen LogP contribution in [-0.2, 0) is 16.1 Å². The molecule has 1 atom stereocenters. The van der Waals surface area contributed by atoms with Gasteiger partial charge in [0.05, 0.1) is 13.1 Å². The number of aliphatic carboxylic acids is 1. The van der Waals surface area contributed by atoms with Crippen molar-refractivity contribution in [1.82, 2.24) is 4.90 Å². The summed E-state index contributed by atoms with van der Waals surface area (Å²) in [5.41, 5.74) is 0.637. The number of phenols is 1. The first-order valence-electron chi connectivity index (χ1n) is 6.00. The molecule has 1 amide bonds. The van der Waals surface area contributed by atoms with E-state index in [2.05, 4.69) is 0 Å². The molecule has 1 aliphatic rings. The molecule has 0 radical (unpaired) electrons. The minimum absolute atomic E-state index is 0.0254. The van der Waals surface area contributed by atoms with Gasteiger partial charge in [0.2, 0.25) is 0 Å². The summed E-state index contributed by atoms with van der Waals surface area (Å²) < 4.78 is 5.08. The molecule has 1 heterocycles. The summed E-state index contributed by atoms with van der Waals surface area (Å²) in [6.45, 7) is 0.607. The van der Waals surface area contributed by atoms with E-state index < -0.39 is 18.2 Å². The molecular weight excluding hydrogens is 250 g/mol. The Morgan fingerprint density at radius 3 is 2.84 bits per heavy atom. The standard InChI is InChI=1S/C13H15NO5/c15-11-4-2-1-3-9(11)7-14-8-10(19-13(14)18)5-6-12(16)17/h1-4,10,15H,5-8H2,(H,16,17). The van der Waals surface area contributed by atoms with Crippen LogP contribution < -0.4 is 0 Å². The largest absolute Gasteiger partial charge is 0.508 e. The number of carbonyl (C=O) groups is 2. The van der Waals surface area contributed by atoms with Gasteiger partial charge in [-0.05, 0) is 12.5 Å². The lowest BCUT2D eigenvalue weighted by atomic mass is 10.1. The van der Waals surface area contributed by atoms with E-state index in [-0.39, 0.29) is 18.7 Å². The second-order valence-corrected chi connectivity index (χ2v) is 4.45. The van der Waals surface area contributed by atoms with Crippen LogP contribution in [0, 0.1) is 0 Å². The molecule has 0 saturated carbocycles. The van der Waals surface area contributed by atoms with Crippen molar-refractivity contribution in [3.05, 3.63) is 29.8 Å². The second-order valence-electron chi connectivity index (χ2n) is 4.45. The molecule has 0 aliphatic carbocycles. The molecule has 1 unspecified atom stereocenters. The zero-order valence-electron chi connectivity index (χ0n) is 10.3. The number of carbonyl (C=O) groups excluding carboxylic acids is 1. The Kier molecular flexibility index (Phi) is 3.89. The molecule has 102 valence electrons. The van der Waals surface area contributed by atoms with Gasteiger partial charge < -0.3 is 19.8 Å². The van der Waals surface area contributed by atoms with Crippen LogP contribution in [0.2, 0.25) is 0 Å². The number of aromatic hydroxyl groups is 1. The molecule has 2 N–H and O–H groups in total. The second kappa shape index (κ2) is 5.60. The Bertz CT molecular complexity index is 488. The zero-order valence-corrected chi connectivity index (χ0v) is 10.3. The number of rotatable bonds is 5. The molecule has 1 aromatic carbocycles. The van der Waals surface area contributed by atoms with Crippen LogP contribution in [-0.4, -0.2) is 39.8 Å². The summed E-state index contributed by atoms with van der Waals surface area (Å²) in [6, 6.07) is 6.76. The summed E-state index contributed by atoms with van der Waals surface area (Å²) in [5.74, 6) is -0.778. The van der Waals surface area contributed by atoms with Crippen LogP contribution in [0.15, 0.2) is 24.3 Å². The number of benzene rings is 1. The van der Waals surface area contributed by atoms with E-state index >= 15 is 0 Å². The van der Waals surface area contributed by atoms with E-state index in [1.165, 1.54) is 4.90 Å². The molecule has 6 nitrogen and oxygen atoms in total. The van der Waals surface area contributed by atoms with Gasteiger partial charge in [-0.3, -0.25) is 4.79 Å². The normalized spacial score (nSPS) is 18.4. The predicted octanol–water partition coefficient (Wildman–Crippen LogP) is 1.58. The monoisotopic (exact) mass is 265 g/mol. The van der Waals surface area contributed by atoms with Crippen LogP contribution in [0.3, 0.4) is 0 Å². The van der Waals surface area contributed by atoms with E-state index in [4.69, 9.17) is 9.84 Å². The number of carboxylic acids is 1. The van der Waals surface area contributed by atoms with Gasteiger partial charge in [0, 0.05) is 12.0 Å². The highest BCUT2D eigenvalue weighted by Crippen LogP contribution is 2.22. The predicted molar refractivity (Wildman–Crippen MR) is 65.7 cm³/mol. The molecule has 0 aromatic heterocycles. The molecule has 1 fully saturated rings. The first-order chi connectivity index (χ1) is 9.06. The van der Waals surface area contributed by atoms with Crippen LogP contribution in [0.5, 0.6) is 5.75 Å². The number of amides is 1. The van der Waals surface area contributed by atoms with Crippen LogP contribution in [0.4, 0.5) is 4.79 Å². The number of cyclic esters (lactones) is 1. The summed E-state index contributed by atoms with van der Waals surface area (Å²) >= 11 is 0. The summed E-state index contributed by atoms with van der Waals surface area (Å²) in [7, 11) is 0. The van der Waals surface area contributed by atoms with Crippen molar-refractivity contribution < 1.29 is 24.5 Å². The first-order valence-corrected chi connectivity index (χ1v) is 6.00. The summed E-state index contributed by atoms with van der Waals surface area (Å²) in [5, 5.41) is 18.2. The van der Waals surface area contributed by atoms with Crippen molar-refractivity contribution in [1.29, 1.82) is 0 Å². The molecule has 1 aliphatic heterocycles. The number of hydrogen-bond acceptors (Lipinski definition) is 4. The smallest absolute Gasteiger partial charge is 0.410 e. The molecule has 6 heteroatoms. The average Bonchev–Trinajstić information content (AvgIpc) is 2.71. The van der Waals surface area contributed by atoms with E-state index in [1.807, 2.05) is 0 Å². The number of ether oxygens (including phenoxy) is 1. The van der Waals surface area contributed by atoms with Gasteiger partial charge in [-0.2, -0.15) is 0 Å². The Morgan fingerprint density at radius 1 is 1.42 bits per heavy atom. The fraction of sp³-hybridized carbons (Fsp3) is 0.385. The van der Waals surface area contributed by atoms with Crippen molar-refractivity contribution in [2.45, 2.75) is 25.5 Å². The number of hydrogen-bond donors (Lipinski definition) is 2. The maximum atomic E-state index is 11.6. The average molecular weight is 265 g/mol. The minimum atomic E-state index is -0.907. The fourth-order valence-corrected chi connectivity index (χ4v) is 1.99. The van der Waals surface area contributed by atoms with Crippen molar-refractivity contribution in [3.8, 4) is 5.75 Å². The van der Waals surface area contributed by atoms with Crippen molar-refractivity contribution in [2.24, 2.45) is 0 Å². The Labute approximate surface area is 110 Å². The summed E-state index contributed by atoms with van der Waals surface area (Å²) in [6.07, 6.45) is -0.589. The van der Waals surface area contributed by atoms with Crippen LogP contribution in [0.25, 0.3) is 0 Å². The first kappa shape index (κ1) is 13.2. The van der Waals surface area contributed by atoms with Gasteiger partial charge in [0.25, 0.3) is 0 Å².